The van der Waals surface area contributed by atoms with Crippen LogP contribution in [-0.4, -0.2) is 365 Å². The minimum absolute atomic E-state index is 0.126. The van der Waals surface area contributed by atoms with Crippen LogP contribution in [0.4, 0.5) is 57.5 Å². The van der Waals surface area contributed by atoms with Gasteiger partial charge in [0.1, 0.15) is 0 Å². The molecule has 48 nitrogen and oxygen atoms in total. The van der Waals surface area contributed by atoms with E-state index in [9.17, 15) is 57.5 Å². The minimum atomic E-state index is -1.50. The summed E-state index contributed by atoms with van der Waals surface area (Å²) in [6.07, 6.45) is 18.3. The smallest absolute Gasteiger partial charge is 0.324 e. The molecule has 660 valence electrons. The van der Waals surface area contributed by atoms with Crippen molar-refractivity contribution in [3.8, 4) is 0 Å². The Labute approximate surface area is 692 Å². The van der Waals surface area contributed by atoms with Crippen molar-refractivity contribution < 1.29 is 114 Å². The van der Waals surface area contributed by atoms with Crippen LogP contribution in [0.15, 0.2) is 152 Å². The third kappa shape index (κ3) is 14.6. The number of nitrogens with zero attached hydrogens (tertiary/aromatic N) is 12. The topological polar surface area (TPSA) is 499 Å². The maximum absolute atomic E-state index is 12.0. The Morgan fingerprint density at radius 2 is 0.250 bits per heavy atom. The Morgan fingerprint density at radius 3 is 0.325 bits per heavy atom. The molecule has 120 heavy (non-hydrogen) atoms. The van der Waals surface area contributed by atoms with Gasteiger partial charge in [-0.25, -0.2) is 57.5 Å². The van der Waals surface area contributed by atoms with E-state index in [0.717, 1.165) is 0 Å². The van der Waals surface area contributed by atoms with Crippen LogP contribution < -0.4 is 63.8 Å². The molecule has 12 N–H and O–H groups in total. The Balaban J connectivity index is 0.000000198. The van der Waals surface area contributed by atoms with E-state index in [-0.39, 0.29) is 79.3 Å². The summed E-state index contributed by atoms with van der Waals surface area (Å²) in [7, 11) is 18.3. The first-order valence-electron chi connectivity index (χ1n) is 36.4. The highest BCUT2D eigenvalue weighted by Gasteiger charge is 2.80. The first-order valence-corrected chi connectivity index (χ1v) is 36.4. The highest BCUT2D eigenvalue weighted by atomic mass is 16.7. The first kappa shape index (κ1) is 94.8. The van der Waals surface area contributed by atoms with E-state index >= 15 is 0 Å². The number of urea groups is 12. The molecule has 12 aliphatic rings. The van der Waals surface area contributed by atoms with Crippen molar-refractivity contribution in [2.75, 3.05) is 164 Å². The van der Waals surface area contributed by atoms with Crippen molar-refractivity contribution in [3.05, 3.63) is 152 Å². The maximum Gasteiger partial charge on any atom is 0.324 e. The molecule has 0 atom stereocenters. The van der Waals surface area contributed by atoms with Gasteiger partial charge in [-0.05, 0) is 0 Å². The lowest BCUT2D eigenvalue weighted by atomic mass is 10.2. The monoisotopic (exact) mass is 1690 g/mol. The number of hydrogen-bond acceptors (Lipinski definition) is 24. The zero-order valence-corrected chi connectivity index (χ0v) is 69.1. The van der Waals surface area contributed by atoms with Gasteiger partial charge in [0, 0.05) is 84.6 Å². The Hall–Kier alpha value is -12.4. The lowest BCUT2D eigenvalue weighted by molar-refractivity contribution is -0.272. The molecule has 0 bridgehead atoms. The summed E-state index contributed by atoms with van der Waals surface area (Å²) in [6.45, 7) is 44.4. The lowest BCUT2D eigenvalue weighted by Gasteiger charge is -2.41. The van der Waals surface area contributed by atoms with Crippen molar-refractivity contribution in [2.45, 2.75) is 70.2 Å². The molecule has 12 saturated heterocycles. The second-order valence-electron chi connectivity index (χ2n) is 26.8. The number of carbonyl (C=O) groups excluding carboxylic acids is 12. The van der Waals surface area contributed by atoms with Crippen LogP contribution in [0, 0.1) is 0 Å². The van der Waals surface area contributed by atoms with Crippen molar-refractivity contribution in [1.29, 1.82) is 0 Å². The summed E-state index contributed by atoms with van der Waals surface area (Å²) < 4.78 is 68.2. The predicted molar refractivity (Wildman–Crippen MR) is 422 cm³/mol. The van der Waals surface area contributed by atoms with Gasteiger partial charge >= 0.3 is 107 Å². The molecule has 24 amide bonds. The SMILES string of the molecule is C=CCOC12NC(=O)N(C)C1(OCC=C)N(C)C(=O)N2.C=CCOC12NC(=O)N(C)C1(OCC=C)N(C)C(=O)N2.C=CCOC12NC(=O)N(C)C1(OCC=C)N(C)C(=O)N2.C=CCOC12NC(=O)N(C)C1(OCC=C)N(C)C(=O)N2.C=CCOC12NC(=O)N(C)C1(OCC=C)N(C)C(=O)N2.C=CCOC12NC(=O)N(C)C1(OCC=C)N(C)C(=O)N2. The van der Waals surface area contributed by atoms with Gasteiger partial charge < -0.3 is 56.8 Å². The summed E-state index contributed by atoms with van der Waals surface area (Å²) >= 11 is 0. The second kappa shape index (κ2) is 36.9. The van der Waals surface area contributed by atoms with Gasteiger partial charge in [0.15, 0.2) is 0 Å². The van der Waals surface area contributed by atoms with Gasteiger partial charge in [-0.1, -0.05) is 72.9 Å². The van der Waals surface area contributed by atoms with Crippen LogP contribution in [0.5, 0.6) is 0 Å². The van der Waals surface area contributed by atoms with Crippen LogP contribution >= 0.6 is 0 Å². The largest absolute Gasteiger partial charge is 0.328 e. The zero-order chi connectivity index (χ0) is 89.8. The van der Waals surface area contributed by atoms with E-state index in [1.807, 2.05) is 0 Å². The van der Waals surface area contributed by atoms with Gasteiger partial charge in [0.05, 0.1) is 79.3 Å². The molecule has 12 fully saturated rings. The zero-order valence-electron chi connectivity index (χ0n) is 69.1. The van der Waals surface area contributed by atoms with E-state index in [1.54, 1.807) is 0 Å². The number of rotatable bonds is 36. The van der Waals surface area contributed by atoms with E-state index in [1.165, 1.54) is 216 Å². The van der Waals surface area contributed by atoms with Crippen LogP contribution in [0.25, 0.3) is 0 Å². The van der Waals surface area contributed by atoms with Crippen LogP contribution in [0.1, 0.15) is 0 Å². The minimum Gasteiger partial charge on any atom is -0.328 e. The van der Waals surface area contributed by atoms with Gasteiger partial charge in [-0.2, -0.15) is 0 Å². The number of hydrogen-bond donors (Lipinski definition) is 12. The maximum atomic E-state index is 12.0. The van der Waals surface area contributed by atoms with Crippen LogP contribution in [0.2, 0.25) is 0 Å². The molecule has 0 aliphatic carbocycles. The molecule has 0 radical (unpaired) electrons. The highest BCUT2D eigenvalue weighted by Crippen LogP contribution is 2.48. The van der Waals surface area contributed by atoms with Crippen molar-refractivity contribution >= 4 is 72.4 Å². The average Bonchev–Trinajstić information content (AvgIpc) is 1.58. The fourth-order valence-electron chi connectivity index (χ4n) is 14.7. The molecule has 12 aliphatic heterocycles. The quantitative estimate of drug-likeness (QED) is 0.0369. The molecule has 0 aromatic carbocycles. The van der Waals surface area contributed by atoms with Crippen molar-refractivity contribution in [3.63, 3.8) is 0 Å². The number of ether oxygens (including phenoxy) is 12. The summed E-state index contributed by atoms with van der Waals surface area (Å²) in [5.41, 5.74) is 0. The summed E-state index contributed by atoms with van der Waals surface area (Å²) in [5, 5.41) is 31.3. The Bertz CT molecular complexity index is 3290. The second-order valence-corrected chi connectivity index (χ2v) is 26.8. The van der Waals surface area contributed by atoms with Gasteiger partial charge in [0.25, 0.3) is 35.1 Å². The molecule has 0 saturated carbocycles. The molecule has 0 aromatic heterocycles. The summed E-state index contributed by atoms with van der Waals surface area (Å²) in [6, 6.07) is -5.11. The van der Waals surface area contributed by atoms with E-state index in [0.29, 0.717) is 0 Å². The van der Waals surface area contributed by atoms with E-state index in [2.05, 4.69) is 143 Å². The van der Waals surface area contributed by atoms with E-state index < -0.39 is 143 Å². The summed E-state index contributed by atoms with van der Waals surface area (Å²) in [4.78, 5) is 159. The molecule has 0 aromatic rings. The standard InChI is InChI=1S/6C12H18N4O4/c6*1-5-7-19-11-12(20-8-6-2,15(3)9(17)13-11)16(4)10(18)14-11/h6*5-6H,1-2,7-8H2,3-4H3,(H,13,17)(H,14,18). The van der Waals surface area contributed by atoms with Gasteiger partial charge in [-0.15, -0.1) is 78.9 Å². The molecule has 12 rings (SSSR count). The summed E-state index contributed by atoms with van der Waals surface area (Å²) in [5.74, 6) is -17.6. The molecule has 12 heterocycles. The third-order valence-corrected chi connectivity index (χ3v) is 20.2. The molecule has 0 spiro atoms. The third-order valence-electron chi connectivity index (χ3n) is 20.2. The lowest BCUT2D eigenvalue weighted by Crippen LogP contribution is -2.69. The first-order chi connectivity index (χ1) is 56.7. The van der Waals surface area contributed by atoms with Crippen LogP contribution in [0.3, 0.4) is 0 Å². The average molecular weight is 1690 g/mol. The Kier molecular flexibility index (Phi) is 29.1. The number of likely N-dealkylation sites (N-methyl/N-ethyl adjacent to an activating group) is 12. The normalized spacial score (nSPS) is 31.9. The van der Waals surface area contributed by atoms with E-state index in [4.69, 9.17) is 56.8 Å². The predicted octanol–water partition coefficient (Wildman–Crippen LogP) is 0.0552. The van der Waals surface area contributed by atoms with Crippen molar-refractivity contribution in [2.24, 2.45) is 0 Å². The van der Waals surface area contributed by atoms with Crippen molar-refractivity contribution in [1.82, 2.24) is 123 Å². The molecular formula is C72H108N24O24. The van der Waals surface area contributed by atoms with Gasteiger partial charge in [0.2, 0.25) is 0 Å². The highest BCUT2D eigenvalue weighted by molar-refractivity contribution is 5.91. The molecule has 48 heteroatoms. The fraction of sp³-hybridized carbons (Fsp3) is 0.500. The number of fused-ring (bicyclic) bond motifs is 6. The molecule has 0 unspecified atom stereocenters. The fourth-order valence-corrected chi connectivity index (χ4v) is 14.7. The number of carbonyl (C=O) groups is 12. The van der Waals surface area contributed by atoms with Gasteiger partial charge in [-0.3, -0.25) is 123 Å². The number of amides is 24. The Morgan fingerprint density at radius 1 is 0.175 bits per heavy atom. The number of nitrogens with one attached hydrogen (secondary N) is 12. The van der Waals surface area contributed by atoms with Crippen LogP contribution in [-0.2, 0) is 56.8 Å². The molecular weight excluding hydrogens is 1580 g/mol.